The largest absolute Gasteiger partial charge is 0.779 e. The predicted octanol–water partition coefficient (Wildman–Crippen LogP) is 0.350. The fourth-order valence-corrected chi connectivity index (χ4v) is 7.51. The summed E-state index contributed by atoms with van der Waals surface area (Å²) in [5.74, 6) is -0.659. The molecular formula is C12H15F2N5O9P3S-. The van der Waals surface area contributed by atoms with Gasteiger partial charge in [-0.3, -0.25) is 23.2 Å². The molecule has 178 valence electrons. The second-order valence-corrected chi connectivity index (χ2v) is 13.4. The standard InChI is InChI=1S/C12H16F2N5O9P3S/c13-12(14,29(21,22)23)30(24,25)28-31(26,32)27-4-6-1-2-7(3-6)19-5-16-8-9(19)17-11(15)18-10(8)20/h1-2,5-7H,3-4H2,(H,24,25)(H,26,32)(H2,21,22,23)(H3,15,17,18,20)/p-1/t6-,7+,31?/m1/s1. The summed E-state index contributed by atoms with van der Waals surface area (Å²) in [5.41, 5.74) is 5.23. The van der Waals surface area contributed by atoms with Gasteiger partial charge in [0.05, 0.1) is 19.0 Å². The van der Waals surface area contributed by atoms with Crippen molar-refractivity contribution in [3.63, 3.8) is 0 Å². The van der Waals surface area contributed by atoms with E-state index in [4.69, 9.17) is 20.0 Å². The molecular weight excluding hydrogens is 521 g/mol. The van der Waals surface area contributed by atoms with Gasteiger partial charge in [-0.2, -0.15) is 13.8 Å². The first kappa shape index (κ1) is 25.2. The number of allylic oxidation sites excluding steroid dienone is 1. The van der Waals surface area contributed by atoms with Crippen LogP contribution in [0.5, 0.6) is 0 Å². The fourth-order valence-electron chi connectivity index (χ4n) is 2.83. The number of hydrogen-bond donors (Lipinski definition) is 5. The molecule has 0 saturated carbocycles. The maximum atomic E-state index is 13.5. The maximum Gasteiger partial charge on any atom is 0.444 e. The van der Waals surface area contributed by atoms with E-state index in [1.54, 1.807) is 12.2 Å². The molecule has 0 saturated heterocycles. The molecule has 2 aromatic heterocycles. The molecule has 2 unspecified atom stereocenters. The van der Waals surface area contributed by atoms with Gasteiger partial charge >= 0.3 is 20.6 Å². The molecule has 4 atom stereocenters. The monoisotopic (exact) mass is 536 g/mol. The van der Waals surface area contributed by atoms with Crippen LogP contribution in [0.2, 0.25) is 0 Å². The number of hydrogen-bond acceptors (Lipinski definition) is 10. The second kappa shape index (κ2) is 8.44. The zero-order valence-corrected chi connectivity index (χ0v) is 19.0. The molecule has 0 amide bonds. The van der Waals surface area contributed by atoms with Crippen molar-refractivity contribution in [2.45, 2.75) is 17.9 Å². The Kier molecular flexibility index (Phi) is 6.66. The van der Waals surface area contributed by atoms with Crippen LogP contribution in [0.1, 0.15) is 12.5 Å². The van der Waals surface area contributed by atoms with Crippen molar-refractivity contribution in [2.75, 3.05) is 12.3 Å². The third-order valence-corrected chi connectivity index (χ3v) is 10.3. The average Bonchev–Trinajstić information content (AvgIpc) is 3.24. The van der Waals surface area contributed by atoms with Crippen LogP contribution in [0.15, 0.2) is 23.3 Å². The lowest BCUT2D eigenvalue weighted by molar-refractivity contribution is -0.200. The van der Waals surface area contributed by atoms with Crippen LogP contribution in [0.25, 0.3) is 11.2 Å². The number of aromatic amines is 1. The molecule has 0 bridgehead atoms. The van der Waals surface area contributed by atoms with Crippen molar-refractivity contribution in [3.8, 4) is 0 Å². The van der Waals surface area contributed by atoms with Gasteiger partial charge in [0.1, 0.15) is 6.72 Å². The molecule has 1 aliphatic rings. The first-order chi connectivity index (χ1) is 14.5. The summed E-state index contributed by atoms with van der Waals surface area (Å²) in [6, 6.07) is -0.407. The molecule has 0 fully saturated rings. The van der Waals surface area contributed by atoms with E-state index in [-0.39, 0.29) is 23.5 Å². The van der Waals surface area contributed by atoms with Crippen LogP contribution in [-0.4, -0.2) is 46.2 Å². The van der Waals surface area contributed by atoms with E-state index in [0.717, 1.165) is 0 Å². The topological polar surface area (TPSA) is 226 Å². The highest BCUT2D eigenvalue weighted by atomic mass is 32.5. The lowest BCUT2D eigenvalue weighted by Crippen LogP contribution is -2.20. The zero-order chi connectivity index (χ0) is 24.1. The van der Waals surface area contributed by atoms with Gasteiger partial charge in [0.25, 0.3) is 5.56 Å². The summed E-state index contributed by atoms with van der Waals surface area (Å²) in [4.78, 5) is 60.5. The van der Waals surface area contributed by atoms with Gasteiger partial charge in [-0.05, 0) is 6.42 Å². The summed E-state index contributed by atoms with van der Waals surface area (Å²) in [5, 5.41) is -5.54. The van der Waals surface area contributed by atoms with Crippen LogP contribution in [0, 0.1) is 5.92 Å². The van der Waals surface area contributed by atoms with Gasteiger partial charge in [-0.1, -0.05) is 24.0 Å². The van der Waals surface area contributed by atoms with E-state index in [1.807, 2.05) is 0 Å². The number of imidazole rings is 1. The Balaban J connectivity index is 1.66. The Labute approximate surface area is 182 Å². The van der Waals surface area contributed by atoms with Gasteiger partial charge in [-0.25, -0.2) is 4.98 Å². The number of nitrogens with zero attached hydrogens (tertiary/aromatic N) is 3. The SMILES string of the molecule is Nc1nc2c(ncn2[C@H]2C=C[C@@H](COP([O-])(=S)OP(=O)(O)C(F)(F)P(=O)(O)O)C2)c(=O)[nH]1. The second-order valence-electron chi connectivity index (χ2n) is 6.62. The Morgan fingerprint density at radius 1 is 1.38 bits per heavy atom. The number of halogens is 2. The predicted molar refractivity (Wildman–Crippen MR) is 107 cm³/mol. The fraction of sp³-hybridized carbons (Fsp3) is 0.417. The minimum absolute atomic E-state index is 0.0421. The zero-order valence-electron chi connectivity index (χ0n) is 15.5. The summed E-state index contributed by atoms with van der Waals surface area (Å²) >= 11 is 4.31. The highest BCUT2D eigenvalue weighted by Gasteiger charge is 2.65. The van der Waals surface area contributed by atoms with Crippen LogP contribution >= 0.6 is 21.9 Å². The number of fused-ring (bicyclic) bond motifs is 1. The summed E-state index contributed by atoms with van der Waals surface area (Å²) < 4.78 is 59.3. The number of H-pyrrole nitrogens is 1. The first-order valence-electron chi connectivity index (χ1n) is 8.38. The smallest absolute Gasteiger partial charge is 0.444 e. The highest BCUT2D eigenvalue weighted by Crippen LogP contribution is 2.76. The normalized spacial score (nSPS) is 23.3. The minimum Gasteiger partial charge on any atom is -0.779 e. The van der Waals surface area contributed by atoms with E-state index in [1.165, 1.54) is 10.9 Å². The molecule has 2 heterocycles. The molecule has 6 N–H and O–H groups in total. The van der Waals surface area contributed by atoms with Crippen molar-refractivity contribution >= 4 is 50.8 Å². The van der Waals surface area contributed by atoms with Gasteiger partial charge in [-0.15, -0.1) is 0 Å². The number of nitrogens with two attached hydrogens (primary N) is 1. The third-order valence-electron chi connectivity index (χ3n) is 4.31. The molecule has 0 spiro atoms. The Morgan fingerprint density at radius 3 is 2.66 bits per heavy atom. The Morgan fingerprint density at radius 2 is 2.03 bits per heavy atom. The van der Waals surface area contributed by atoms with Gasteiger partial charge in [0.15, 0.2) is 11.2 Å². The lowest BCUT2D eigenvalue weighted by atomic mass is 10.1. The molecule has 0 aliphatic heterocycles. The van der Waals surface area contributed by atoms with Gasteiger partial charge in [0.2, 0.25) is 5.95 Å². The number of aromatic nitrogens is 4. The lowest BCUT2D eigenvalue weighted by Gasteiger charge is -2.32. The number of rotatable bonds is 8. The van der Waals surface area contributed by atoms with Gasteiger partial charge < -0.3 is 34.4 Å². The quantitative estimate of drug-likeness (QED) is 0.227. The Bertz CT molecular complexity index is 1280. The summed E-state index contributed by atoms with van der Waals surface area (Å²) in [6.07, 6.45) is 4.83. The molecule has 32 heavy (non-hydrogen) atoms. The number of alkyl halides is 2. The van der Waals surface area contributed by atoms with E-state index < -0.39 is 51.4 Å². The van der Waals surface area contributed by atoms with Crippen LogP contribution in [0.3, 0.4) is 0 Å². The number of nitrogen functional groups attached to an aromatic ring is 1. The molecule has 2 aromatic rings. The van der Waals surface area contributed by atoms with Crippen LogP contribution in [0.4, 0.5) is 14.7 Å². The highest BCUT2D eigenvalue weighted by molar-refractivity contribution is 8.08. The van der Waals surface area contributed by atoms with E-state index in [0.29, 0.717) is 0 Å². The van der Waals surface area contributed by atoms with Crippen molar-refractivity contribution < 1.29 is 46.3 Å². The van der Waals surface area contributed by atoms with Crippen LogP contribution < -0.4 is 16.2 Å². The maximum absolute atomic E-state index is 13.5. The third kappa shape index (κ3) is 4.92. The molecule has 0 radical (unpaired) electrons. The summed E-state index contributed by atoms with van der Waals surface area (Å²) in [7, 11) is -12.9. The molecule has 0 aromatic carbocycles. The molecule has 1 aliphatic carbocycles. The number of anilines is 1. The van der Waals surface area contributed by atoms with Crippen molar-refractivity contribution in [1.82, 2.24) is 19.5 Å². The van der Waals surface area contributed by atoms with E-state index in [9.17, 15) is 32.5 Å². The van der Waals surface area contributed by atoms with Crippen LogP contribution in [-0.2, 0) is 29.8 Å². The van der Waals surface area contributed by atoms with Crippen molar-refractivity contribution in [3.05, 3.63) is 28.8 Å². The summed E-state index contributed by atoms with van der Waals surface area (Å²) in [6.45, 7) is -5.55. The first-order valence-corrected chi connectivity index (χ1v) is 14.1. The Hall–Kier alpha value is -1.38. The van der Waals surface area contributed by atoms with Crippen molar-refractivity contribution in [2.24, 2.45) is 5.92 Å². The molecule has 20 heteroatoms. The van der Waals surface area contributed by atoms with E-state index in [2.05, 4.69) is 31.1 Å². The van der Waals surface area contributed by atoms with E-state index >= 15 is 0 Å². The molecule has 14 nitrogen and oxygen atoms in total. The van der Waals surface area contributed by atoms with Gasteiger partial charge in [0, 0.05) is 5.92 Å². The van der Waals surface area contributed by atoms with Crippen molar-refractivity contribution in [1.29, 1.82) is 0 Å². The minimum atomic E-state index is -6.46. The molecule has 3 rings (SSSR count). The average molecular weight is 536 g/mol. The number of nitrogens with one attached hydrogen (secondary N) is 1.